The van der Waals surface area contributed by atoms with Crippen LogP contribution in [0.25, 0.3) is 0 Å². The Morgan fingerprint density at radius 1 is 1.03 bits per heavy atom. The van der Waals surface area contributed by atoms with Gasteiger partial charge in [0, 0.05) is 13.1 Å². The number of benzene rings is 1. The van der Waals surface area contributed by atoms with Gasteiger partial charge in [-0.05, 0) is 30.9 Å². The van der Waals surface area contributed by atoms with Gasteiger partial charge in [-0.15, -0.1) is 0 Å². The Balaban J connectivity index is 1.94. The van der Waals surface area contributed by atoms with Gasteiger partial charge in [-0.25, -0.2) is 4.79 Å². The highest BCUT2D eigenvalue weighted by molar-refractivity contribution is 5.99. The smallest absolute Gasteiger partial charge is 0.329 e. The van der Waals surface area contributed by atoms with Gasteiger partial charge in [0.2, 0.25) is 0 Å². The van der Waals surface area contributed by atoms with Gasteiger partial charge in [0.1, 0.15) is 11.8 Å². The summed E-state index contributed by atoms with van der Waals surface area (Å²) < 4.78 is 10.5. The number of nitrogens with zero attached hydrogens (tertiary/aromatic N) is 1. The summed E-state index contributed by atoms with van der Waals surface area (Å²) >= 11 is 0. The zero-order valence-electron chi connectivity index (χ0n) is 17.6. The van der Waals surface area contributed by atoms with Crippen molar-refractivity contribution < 1.29 is 23.9 Å². The van der Waals surface area contributed by atoms with Crippen LogP contribution in [0.1, 0.15) is 56.3 Å². The lowest BCUT2D eigenvalue weighted by molar-refractivity contribution is -0.154. The first-order valence-electron chi connectivity index (χ1n) is 10.3. The number of carbonyl (C=O) groups excluding carboxylic acids is 3. The Bertz CT molecular complexity index is 696. The van der Waals surface area contributed by atoms with E-state index >= 15 is 0 Å². The molecule has 1 aromatic rings. The third-order valence-electron chi connectivity index (χ3n) is 5.11. The first-order chi connectivity index (χ1) is 13.9. The second kappa shape index (κ2) is 11.4. The first-order valence-corrected chi connectivity index (χ1v) is 10.3. The van der Waals surface area contributed by atoms with Crippen LogP contribution in [0.5, 0.6) is 5.75 Å². The fourth-order valence-corrected chi connectivity index (χ4v) is 3.36. The molecule has 1 aliphatic rings. The molecule has 2 amide bonds. The van der Waals surface area contributed by atoms with Crippen molar-refractivity contribution in [2.75, 3.05) is 26.8 Å². The van der Waals surface area contributed by atoms with Crippen LogP contribution < -0.4 is 10.1 Å². The monoisotopic (exact) mass is 404 g/mol. The Morgan fingerprint density at radius 3 is 2.28 bits per heavy atom. The topological polar surface area (TPSA) is 84.9 Å². The third kappa shape index (κ3) is 6.76. The van der Waals surface area contributed by atoms with Gasteiger partial charge in [0.05, 0.1) is 12.7 Å². The van der Waals surface area contributed by atoms with E-state index in [0.29, 0.717) is 24.4 Å². The third-order valence-corrected chi connectivity index (χ3v) is 5.11. The van der Waals surface area contributed by atoms with Crippen molar-refractivity contribution in [2.45, 2.75) is 52.0 Å². The number of esters is 1. The van der Waals surface area contributed by atoms with Crippen LogP contribution in [0, 0.1) is 5.92 Å². The summed E-state index contributed by atoms with van der Waals surface area (Å²) in [6.45, 7) is 4.73. The van der Waals surface area contributed by atoms with E-state index < -0.39 is 17.9 Å². The van der Waals surface area contributed by atoms with E-state index in [1.807, 2.05) is 13.8 Å². The number of amides is 2. The quantitative estimate of drug-likeness (QED) is 0.707. The van der Waals surface area contributed by atoms with E-state index in [1.54, 1.807) is 29.2 Å². The largest absolute Gasteiger partial charge is 0.496 e. The molecule has 0 bridgehead atoms. The molecule has 7 heteroatoms. The average molecular weight is 405 g/mol. The maximum absolute atomic E-state index is 12.6. The Kier molecular flexibility index (Phi) is 8.96. The van der Waals surface area contributed by atoms with E-state index in [9.17, 15) is 14.4 Å². The van der Waals surface area contributed by atoms with Crippen LogP contribution in [-0.4, -0.2) is 55.5 Å². The normalized spacial score (nSPS) is 15.8. The molecule has 0 spiro atoms. The number of nitrogens with one attached hydrogen (secondary N) is 1. The van der Waals surface area contributed by atoms with Crippen LogP contribution in [0.3, 0.4) is 0 Å². The van der Waals surface area contributed by atoms with Gasteiger partial charge in [-0.2, -0.15) is 0 Å². The number of ether oxygens (including phenoxy) is 2. The second-order valence-electron chi connectivity index (χ2n) is 7.65. The summed E-state index contributed by atoms with van der Waals surface area (Å²) in [5, 5.41) is 2.71. The van der Waals surface area contributed by atoms with Crippen LogP contribution >= 0.6 is 0 Å². The number of para-hydroxylation sites is 1. The van der Waals surface area contributed by atoms with Crippen molar-refractivity contribution in [1.29, 1.82) is 0 Å². The molecule has 0 radical (unpaired) electrons. The molecule has 0 aromatic heterocycles. The van der Waals surface area contributed by atoms with Gasteiger partial charge in [-0.3, -0.25) is 9.59 Å². The summed E-state index contributed by atoms with van der Waals surface area (Å²) in [4.78, 5) is 39.4. The first kappa shape index (κ1) is 22.7. The predicted molar refractivity (Wildman–Crippen MR) is 110 cm³/mol. The second-order valence-corrected chi connectivity index (χ2v) is 7.65. The van der Waals surface area contributed by atoms with Gasteiger partial charge >= 0.3 is 5.97 Å². The molecule has 160 valence electrons. The zero-order chi connectivity index (χ0) is 21.2. The summed E-state index contributed by atoms with van der Waals surface area (Å²) in [6.07, 6.45) is 5.40. The van der Waals surface area contributed by atoms with Gasteiger partial charge in [-0.1, -0.05) is 45.2 Å². The van der Waals surface area contributed by atoms with Crippen molar-refractivity contribution in [3.8, 4) is 5.75 Å². The minimum absolute atomic E-state index is 0.182. The van der Waals surface area contributed by atoms with Gasteiger partial charge in [0.25, 0.3) is 11.8 Å². The molecule has 1 heterocycles. The SMILES string of the molecule is COc1ccccc1C(=O)N[C@H](C(=O)OCC(=O)N1CCCCCCC1)C(C)C. The Hall–Kier alpha value is -2.57. The molecule has 2 rings (SSSR count). The Labute approximate surface area is 172 Å². The molecular formula is C22H32N2O5. The van der Waals surface area contributed by atoms with E-state index in [4.69, 9.17) is 9.47 Å². The highest BCUT2D eigenvalue weighted by Gasteiger charge is 2.28. The van der Waals surface area contributed by atoms with E-state index in [0.717, 1.165) is 25.7 Å². The minimum atomic E-state index is -0.854. The molecule has 1 N–H and O–H groups in total. The van der Waals surface area contributed by atoms with Crippen LogP contribution in [0.4, 0.5) is 0 Å². The Morgan fingerprint density at radius 2 is 1.66 bits per heavy atom. The van der Waals surface area contributed by atoms with Crippen molar-refractivity contribution in [3.63, 3.8) is 0 Å². The molecule has 1 aliphatic heterocycles. The van der Waals surface area contributed by atoms with Crippen molar-refractivity contribution in [3.05, 3.63) is 29.8 Å². The maximum atomic E-state index is 12.6. The lowest BCUT2D eigenvalue weighted by Gasteiger charge is -2.25. The summed E-state index contributed by atoms with van der Waals surface area (Å²) in [6, 6.07) is 5.94. The summed E-state index contributed by atoms with van der Waals surface area (Å²) in [7, 11) is 1.48. The maximum Gasteiger partial charge on any atom is 0.329 e. The lowest BCUT2D eigenvalue weighted by Crippen LogP contribution is -2.46. The van der Waals surface area contributed by atoms with Crippen LogP contribution in [0.15, 0.2) is 24.3 Å². The molecular weight excluding hydrogens is 372 g/mol. The molecule has 0 saturated carbocycles. The summed E-state index contributed by atoms with van der Waals surface area (Å²) in [5.41, 5.74) is 0.338. The standard InChI is InChI=1S/C22H32N2O5/c1-16(2)20(23-21(26)17-11-7-8-12-18(17)28-3)22(27)29-15-19(25)24-13-9-5-4-6-10-14-24/h7-8,11-12,16,20H,4-6,9-10,13-15H2,1-3H3,(H,23,26)/t20-/m0/s1. The van der Waals surface area contributed by atoms with Crippen LogP contribution in [0.2, 0.25) is 0 Å². The lowest BCUT2D eigenvalue weighted by atomic mass is 10.0. The van der Waals surface area contributed by atoms with Crippen LogP contribution in [-0.2, 0) is 14.3 Å². The molecule has 1 atom stereocenters. The average Bonchev–Trinajstić information content (AvgIpc) is 2.69. The highest BCUT2D eigenvalue weighted by atomic mass is 16.5. The van der Waals surface area contributed by atoms with Crippen molar-refractivity contribution >= 4 is 17.8 Å². The molecule has 1 saturated heterocycles. The fourth-order valence-electron chi connectivity index (χ4n) is 3.36. The summed E-state index contributed by atoms with van der Waals surface area (Å²) in [5.74, 6) is -0.985. The highest BCUT2D eigenvalue weighted by Crippen LogP contribution is 2.18. The number of hydrogen-bond donors (Lipinski definition) is 1. The molecule has 1 fully saturated rings. The molecule has 29 heavy (non-hydrogen) atoms. The zero-order valence-corrected chi connectivity index (χ0v) is 17.6. The van der Waals surface area contributed by atoms with Crippen molar-refractivity contribution in [1.82, 2.24) is 10.2 Å². The molecule has 0 aliphatic carbocycles. The minimum Gasteiger partial charge on any atom is -0.496 e. The van der Waals surface area contributed by atoms with Gasteiger partial charge in [0.15, 0.2) is 6.61 Å². The van der Waals surface area contributed by atoms with E-state index in [-0.39, 0.29) is 18.4 Å². The molecule has 1 aromatic carbocycles. The predicted octanol–water partition coefficient (Wildman–Crippen LogP) is 2.79. The van der Waals surface area contributed by atoms with E-state index in [1.165, 1.54) is 13.5 Å². The van der Waals surface area contributed by atoms with E-state index in [2.05, 4.69) is 5.32 Å². The van der Waals surface area contributed by atoms with Crippen molar-refractivity contribution in [2.24, 2.45) is 5.92 Å². The molecule has 0 unspecified atom stereocenters. The number of hydrogen-bond acceptors (Lipinski definition) is 5. The number of methoxy groups -OCH3 is 1. The fraction of sp³-hybridized carbons (Fsp3) is 0.591. The van der Waals surface area contributed by atoms with Gasteiger partial charge < -0.3 is 19.7 Å². The number of carbonyl (C=O) groups is 3. The number of likely N-dealkylation sites (tertiary alicyclic amines) is 1. The number of rotatable bonds is 7. The molecule has 7 nitrogen and oxygen atoms in total.